The van der Waals surface area contributed by atoms with Crippen LogP contribution in [0.15, 0.2) is 0 Å². The van der Waals surface area contributed by atoms with Crippen LogP contribution in [0.25, 0.3) is 0 Å². The first-order valence-electron chi connectivity index (χ1n) is 4.24. The molecule has 0 rings (SSSR count). The highest BCUT2D eigenvalue weighted by Gasteiger charge is 2.37. The predicted octanol–water partition coefficient (Wildman–Crippen LogP) is 1.34. The van der Waals surface area contributed by atoms with Gasteiger partial charge in [0, 0.05) is 6.04 Å². The molecular formula is C9H19NO2. The summed E-state index contributed by atoms with van der Waals surface area (Å²) < 4.78 is 0. The number of carboxylic acids is 1. The molecule has 0 aliphatic heterocycles. The molecule has 0 aromatic carbocycles. The maximum Gasteiger partial charge on any atom is 0.310 e. The topological polar surface area (TPSA) is 49.3 Å². The van der Waals surface area contributed by atoms with Crippen molar-refractivity contribution in [1.29, 1.82) is 0 Å². The largest absolute Gasteiger partial charge is 0.481 e. The average Bonchev–Trinajstić information content (AvgIpc) is 1.86. The van der Waals surface area contributed by atoms with Gasteiger partial charge in [0.05, 0.1) is 5.41 Å². The molecule has 72 valence electrons. The van der Waals surface area contributed by atoms with Crippen LogP contribution in [-0.2, 0) is 4.79 Å². The number of carbonyl (C=O) groups is 1. The molecule has 0 amide bonds. The summed E-state index contributed by atoms with van der Waals surface area (Å²) in [6, 6.07) is 0.00926. The molecule has 0 fully saturated rings. The van der Waals surface area contributed by atoms with Crippen molar-refractivity contribution in [3.05, 3.63) is 0 Å². The van der Waals surface area contributed by atoms with Crippen LogP contribution in [0.5, 0.6) is 0 Å². The Bertz CT molecular complexity index is 164. The van der Waals surface area contributed by atoms with E-state index in [1.165, 1.54) is 0 Å². The van der Waals surface area contributed by atoms with E-state index in [0.29, 0.717) is 5.92 Å². The van der Waals surface area contributed by atoms with Crippen molar-refractivity contribution >= 4 is 5.97 Å². The summed E-state index contributed by atoms with van der Waals surface area (Å²) in [4.78, 5) is 10.9. The van der Waals surface area contributed by atoms with Gasteiger partial charge in [0.1, 0.15) is 0 Å². The normalized spacial score (nSPS) is 14.8. The molecule has 0 aliphatic carbocycles. The van der Waals surface area contributed by atoms with Crippen LogP contribution in [0.1, 0.15) is 27.7 Å². The van der Waals surface area contributed by atoms with Crippen molar-refractivity contribution in [2.24, 2.45) is 11.3 Å². The Labute approximate surface area is 74.2 Å². The summed E-state index contributed by atoms with van der Waals surface area (Å²) >= 11 is 0. The van der Waals surface area contributed by atoms with Crippen LogP contribution < -0.4 is 5.32 Å². The van der Waals surface area contributed by atoms with E-state index in [9.17, 15) is 4.79 Å². The Morgan fingerprint density at radius 1 is 1.42 bits per heavy atom. The van der Waals surface area contributed by atoms with Gasteiger partial charge in [-0.05, 0) is 26.8 Å². The van der Waals surface area contributed by atoms with Crippen molar-refractivity contribution in [2.75, 3.05) is 7.05 Å². The fourth-order valence-corrected chi connectivity index (χ4v) is 1.66. The summed E-state index contributed by atoms with van der Waals surface area (Å²) in [6.07, 6.45) is 0. The zero-order chi connectivity index (χ0) is 9.94. The molecule has 1 unspecified atom stereocenters. The molecular weight excluding hydrogens is 154 g/mol. The first-order valence-corrected chi connectivity index (χ1v) is 4.24. The summed E-state index contributed by atoms with van der Waals surface area (Å²) in [5.74, 6) is -0.434. The number of aliphatic carboxylic acids is 1. The number of carboxylic acid groups (broad SMARTS) is 1. The quantitative estimate of drug-likeness (QED) is 0.674. The van der Waals surface area contributed by atoms with E-state index in [2.05, 4.69) is 5.32 Å². The molecule has 12 heavy (non-hydrogen) atoms. The summed E-state index contributed by atoms with van der Waals surface area (Å²) in [5, 5.41) is 12.0. The molecule has 0 bridgehead atoms. The van der Waals surface area contributed by atoms with Crippen LogP contribution in [0, 0.1) is 11.3 Å². The van der Waals surface area contributed by atoms with Crippen LogP contribution >= 0.6 is 0 Å². The minimum absolute atomic E-state index is 0.00926. The smallest absolute Gasteiger partial charge is 0.310 e. The van der Waals surface area contributed by atoms with Crippen LogP contribution in [0.4, 0.5) is 0 Å². The lowest BCUT2D eigenvalue weighted by molar-refractivity contribution is -0.149. The summed E-state index contributed by atoms with van der Waals surface area (Å²) in [5.41, 5.74) is -0.705. The molecule has 0 aliphatic rings. The highest BCUT2D eigenvalue weighted by molar-refractivity contribution is 5.74. The molecule has 1 atom stereocenters. The van der Waals surface area contributed by atoms with Crippen molar-refractivity contribution in [2.45, 2.75) is 33.7 Å². The highest BCUT2D eigenvalue weighted by atomic mass is 16.4. The highest BCUT2D eigenvalue weighted by Crippen LogP contribution is 2.25. The van der Waals surface area contributed by atoms with Gasteiger partial charge >= 0.3 is 5.97 Å². The number of rotatable bonds is 4. The molecule has 0 aromatic rings. The van der Waals surface area contributed by atoms with Gasteiger partial charge in [-0.15, -0.1) is 0 Å². The summed E-state index contributed by atoms with van der Waals surface area (Å²) in [7, 11) is 1.80. The maximum atomic E-state index is 10.9. The fourth-order valence-electron chi connectivity index (χ4n) is 1.66. The number of nitrogens with one attached hydrogen (secondary N) is 1. The lowest BCUT2D eigenvalue weighted by Crippen LogP contribution is -2.48. The van der Waals surface area contributed by atoms with E-state index in [1.54, 1.807) is 20.9 Å². The van der Waals surface area contributed by atoms with Gasteiger partial charge in [0.2, 0.25) is 0 Å². The molecule has 2 N–H and O–H groups in total. The average molecular weight is 173 g/mol. The molecule has 3 nitrogen and oxygen atoms in total. The molecule has 0 saturated carbocycles. The number of hydrogen-bond donors (Lipinski definition) is 2. The SMILES string of the molecule is CNC(C(C)C)C(C)(C)C(=O)O. The lowest BCUT2D eigenvalue weighted by atomic mass is 9.79. The maximum absolute atomic E-state index is 10.9. The van der Waals surface area contributed by atoms with Gasteiger partial charge in [-0.2, -0.15) is 0 Å². The third-order valence-electron chi connectivity index (χ3n) is 2.31. The third kappa shape index (κ3) is 2.21. The van der Waals surface area contributed by atoms with Crippen LogP contribution in [-0.4, -0.2) is 24.2 Å². The zero-order valence-corrected chi connectivity index (χ0v) is 8.51. The standard InChI is InChI=1S/C9H19NO2/c1-6(2)7(10-5)9(3,4)8(11)12/h6-7,10H,1-5H3,(H,11,12). The molecule has 3 heteroatoms. The van der Waals surface area contributed by atoms with Crippen molar-refractivity contribution < 1.29 is 9.90 Å². The Hall–Kier alpha value is -0.570. The van der Waals surface area contributed by atoms with Gasteiger partial charge in [0.25, 0.3) is 0 Å². The molecule has 0 spiro atoms. The summed E-state index contributed by atoms with van der Waals surface area (Å²) in [6.45, 7) is 7.53. The van der Waals surface area contributed by atoms with E-state index in [1.807, 2.05) is 13.8 Å². The lowest BCUT2D eigenvalue weighted by Gasteiger charge is -2.33. The molecule has 0 aromatic heterocycles. The second-order valence-corrected chi connectivity index (χ2v) is 4.04. The Kier molecular flexibility index (Phi) is 3.71. The minimum Gasteiger partial charge on any atom is -0.481 e. The zero-order valence-electron chi connectivity index (χ0n) is 8.51. The van der Waals surface area contributed by atoms with E-state index in [-0.39, 0.29) is 6.04 Å². The molecule has 0 heterocycles. The molecule has 0 saturated heterocycles. The Morgan fingerprint density at radius 3 is 1.92 bits per heavy atom. The van der Waals surface area contributed by atoms with Gasteiger partial charge in [-0.1, -0.05) is 13.8 Å². The van der Waals surface area contributed by atoms with E-state index in [0.717, 1.165) is 0 Å². The number of hydrogen-bond acceptors (Lipinski definition) is 2. The first-order chi connectivity index (χ1) is 5.34. The third-order valence-corrected chi connectivity index (χ3v) is 2.31. The van der Waals surface area contributed by atoms with Gasteiger partial charge in [-0.25, -0.2) is 0 Å². The van der Waals surface area contributed by atoms with Gasteiger partial charge < -0.3 is 10.4 Å². The van der Waals surface area contributed by atoms with Gasteiger partial charge in [-0.3, -0.25) is 4.79 Å². The van der Waals surface area contributed by atoms with Crippen LogP contribution in [0.2, 0.25) is 0 Å². The second kappa shape index (κ2) is 3.90. The monoisotopic (exact) mass is 173 g/mol. The minimum atomic E-state index is -0.754. The fraction of sp³-hybridized carbons (Fsp3) is 0.889. The first kappa shape index (κ1) is 11.4. The van der Waals surface area contributed by atoms with Crippen molar-refractivity contribution in [3.63, 3.8) is 0 Å². The van der Waals surface area contributed by atoms with Crippen LogP contribution in [0.3, 0.4) is 0 Å². The van der Waals surface area contributed by atoms with Gasteiger partial charge in [0.15, 0.2) is 0 Å². The van der Waals surface area contributed by atoms with Crippen molar-refractivity contribution in [1.82, 2.24) is 5.32 Å². The van der Waals surface area contributed by atoms with E-state index >= 15 is 0 Å². The Balaban J connectivity index is 4.59. The van der Waals surface area contributed by atoms with Crippen molar-refractivity contribution in [3.8, 4) is 0 Å². The Morgan fingerprint density at radius 2 is 1.83 bits per heavy atom. The second-order valence-electron chi connectivity index (χ2n) is 4.04. The molecule has 0 radical (unpaired) electrons. The predicted molar refractivity (Wildman–Crippen MR) is 49.1 cm³/mol. The van der Waals surface area contributed by atoms with E-state index < -0.39 is 11.4 Å². The van der Waals surface area contributed by atoms with E-state index in [4.69, 9.17) is 5.11 Å².